The molecule has 4 heteroatoms. The maximum absolute atomic E-state index is 5.76. The molecular formula is C11H16N2O2. The Labute approximate surface area is 89.4 Å². The van der Waals surface area contributed by atoms with Crippen molar-refractivity contribution in [2.75, 3.05) is 18.9 Å². The molecular weight excluding hydrogens is 192 g/mol. The average Bonchev–Trinajstić information content (AvgIpc) is 2.24. The van der Waals surface area contributed by atoms with Crippen molar-refractivity contribution in [3.63, 3.8) is 0 Å². The van der Waals surface area contributed by atoms with Crippen LogP contribution in [0.2, 0.25) is 0 Å². The van der Waals surface area contributed by atoms with E-state index >= 15 is 0 Å². The predicted molar refractivity (Wildman–Crippen MR) is 57.9 cm³/mol. The van der Waals surface area contributed by atoms with Gasteiger partial charge in [0.15, 0.2) is 11.6 Å². The van der Waals surface area contributed by atoms with Gasteiger partial charge in [0, 0.05) is 12.3 Å². The van der Waals surface area contributed by atoms with Crippen molar-refractivity contribution in [1.82, 2.24) is 4.98 Å². The number of nitrogens with two attached hydrogens (primary N) is 1. The van der Waals surface area contributed by atoms with Crippen LogP contribution >= 0.6 is 0 Å². The number of rotatable bonds is 2. The fraction of sp³-hybridized carbons (Fsp3) is 0.545. The minimum absolute atomic E-state index is 0.116. The maximum Gasteiger partial charge on any atom is 0.166 e. The van der Waals surface area contributed by atoms with E-state index in [4.69, 9.17) is 15.2 Å². The van der Waals surface area contributed by atoms with E-state index in [1.54, 1.807) is 0 Å². The molecule has 2 N–H and O–H groups in total. The van der Waals surface area contributed by atoms with Crippen molar-refractivity contribution in [2.24, 2.45) is 0 Å². The van der Waals surface area contributed by atoms with E-state index in [2.05, 4.69) is 4.98 Å². The Morgan fingerprint density at radius 3 is 3.07 bits per heavy atom. The van der Waals surface area contributed by atoms with Gasteiger partial charge in [0.2, 0.25) is 0 Å². The molecule has 4 nitrogen and oxygen atoms in total. The normalized spacial score (nSPS) is 21.3. The highest BCUT2D eigenvalue weighted by atomic mass is 16.5. The molecule has 0 aromatic carbocycles. The number of nitrogen functional groups attached to an aromatic ring is 1. The third kappa shape index (κ3) is 2.59. The van der Waals surface area contributed by atoms with Gasteiger partial charge in [-0.05, 0) is 31.9 Å². The summed E-state index contributed by atoms with van der Waals surface area (Å²) >= 11 is 0. The third-order valence-electron chi connectivity index (χ3n) is 2.44. The summed E-state index contributed by atoms with van der Waals surface area (Å²) in [5.74, 6) is 1.12. The van der Waals surface area contributed by atoms with Crippen LogP contribution in [0.15, 0.2) is 12.1 Å². The van der Waals surface area contributed by atoms with Gasteiger partial charge in [-0.15, -0.1) is 0 Å². The van der Waals surface area contributed by atoms with Gasteiger partial charge in [0.25, 0.3) is 0 Å². The van der Waals surface area contributed by atoms with Crippen LogP contribution in [0.4, 0.5) is 5.82 Å². The first-order chi connectivity index (χ1) is 7.25. The summed E-state index contributed by atoms with van der Waals surface area (Å²) in [6.07, 6.45) is 2.18. The van der Waals surface area contributed by atoms with E-state index in [0.717, 1.165) is 25.1 Å². The molecule has 0 saturated carbocycles. The largest absolute Gasteiger partial charge is 0.484 e. The van der Waals surface area contributed by atoms with Crippen molar-refractivity contribution < 1.29 is 9.47 Å². The van der Waals surface area contributed by atoms with E-state index in [0.29, 0.717) is 18.2 Å². The number of aromatic nitrogens is 1. The molecule has 2 heterocycles. The first-order valence-electron chi connectivity index (χ1n) is 5.23. The molecule has 0 bridgehead atoms. The fourth-order valence-electron chi connectivity index (χ4n) is 1.65. The van der Waals surface area contributed by atoms with Crippen LogP contribution in [0, 0.1) is 6.92 Å². The molecule has 1 atom stereocenters. The molecule has 1 aliphatic heterocycles. The van der Waals surface area contributed by atoms with E-state index < -0.39 is 0 Å². The zero-order valence-electron chi connectivity index (χ0n) is 8.90. The molecule has 15 heavy (non-hydrogen) atoms. The van der Waals surface area contributed by atoms with E-state index in [1.165, 1.54) is 0 Å². The molecule has 1 aromatic rings. The van der Waals surface area contributed by atoms with Gasteiger partial charge in [-0.25, -0.2) is 4.98 Å². The van der Waals surface area contributed by atoms with Crippen molar-refractivity contribution in [2.45, 2.75) is 25.9 Å². The monoisotopic (exact) mass is 208 g/mol. The highest BCUT2D eigenvalue weighted by molar-refractivity contribution is 5.46. The Balaban J connectivity index is 2.03. The Morgan fingerprint density at radius 2 is 2.40 bits per heavy atom. The Kier molecular flexibility index (Phi) is 3.06. The number of aryl methyl sites for hydroxylation is 1. The lowest BCUT2D eigenvalue weighted by Gasteiger charge is -2.23. The molecule has 0 amide bonds. The summed E-state index contributed by atoms with van der Waals surface area (Å²) < 4.78 is 11.1. The van der Waals surface area contributed by atoms with Gasteiger partial charge in [-0.1, -0.05) is 0 Å². The van der Waals surface area contributed by atoms with Gasteiger partial charge in [-0.2, -0.15) is 0 Å². The van der Waals surface area contributed by atoms with E-state index in [9.17, 15) is 0 Å². The van der Waals surface area contributed by atoms with Crippen LogP contribution in [0.25, 0.3) is 0 Å². The van der Waals surface area contributed by atoms with Crippen LogP contribution in [-0.4, -0.2) is 24.3 Å². The minimum atomic E-state index is 0.116. The van der Waals surface area contributed by atoms with Gasteiger partial charge >= 0.3 is 0 Å². The standard InChI is InChI=1S/C11H16N2O2/c1-8-4-5-10(11(12)13-8)15-9-3-2-6-14-7-9/h4-5,9H,2-3,6-7H2,1H3,(H2,12,13). The van der Waals surface area contributed by atoms with Crippen LogP contribution < -0.4 is 10.5 Å². The number of ether oxygens (including phenoxy) is 2. The predicted octanol–water partition coefficient (Wildman–Crippen LogP) is 1.53. The van der Waals surface area contributed by atoms with Crippen LogP contribution in [0.3, 0.4) is 0 Å². The minimum Gasteiger partial charge on any atom is -0.484 e. The average molecular weight is 208 g/mol. The SMILES string of the molecule is Cc1ccc(OC2CCCOC2)c(N)n1. The lowest BCUT2D eigenvalue weighted by atomic mass is 10.2. The smallest absolute Gasteiger partial charge is 0.166 e. The molecule has 1 unspecified atom stereocenters. The first kappa shape index (κ1) is 10.2. The lowest BCUT2D eigenvalue weighted by Crippen LogP contribution is -2.28. The summed E-state index contributed by atoms with van der Waals surface area (Å²) in [7, 11) is 0. The highest BCUT2D eigenvalue weighted by Crippen LogP contribution is 2.22. The van der Waals surface area contributed by atoms with Crippen molar-refractivity contribution >= 4 is 5.82 Å². The van der Waals surface area contributed by atoms with Crippen molar-refractivity contribution in [3.8, 4) is 5.75 Å². The number of hydrogen-bond donors (Lipinski definition) is 1. The second-order valence-electron chi connectivity index (χ2n) is 3.79. The number of nitrogens with zero attached hydrogens (tertiary/aromatic N) is 1. The fourth-order valence-corrected chi connectivity index (χ4v) is 1.65. The molecule has 1 aliphatic rings. The second kappa shape index (κ2) is 4.49. The summed E-state index contributed by atoms with van der Waals surface area (Å²) in [5.41, 5.74) is 6.66. The van der Waals surface area contributed by atoms with Crippen molar-refractivity contribution in [3.05, 3.63) is 17.8 Å². The molecule has 0 aliphatic carbocycles. The maximum atomic E-state index is 5.76. The lowest BCUT2D eigenvalue weighted by molar-refractivity contribution is 0.00763. The van der Waals surface area contributed by atoms with Crippen LogP contribution in [0.5, 0.6) is 5.75 Å². The summed E-state index contributed by atoms with van der Waals surface area (Å²) in [6.45, 7) is 3.39. The summed E-state index contributed by atoms with van der Waals surface area (Å²) in [5, 5.41) is 0. The Hall–Kier alpha value is -1.29. The third-order valence-corrected chi connectivity index (χ3v) is 2.44. The van der Waals surface area contributed by atoms with E-state index in [1.807, 2.05) is 19.1 Å². The topological polar surface area (TPSA) is 57.4 Å². The number of hydrogen-bond acceptors (Lipinski definition) is 4. The number of anilines is 1. The number of pyridine rings is 1. The van der Waals surface area contributed by atoms with Gasteiger partial charge in [0.1, 0.15) is 6.10 Å². The van der Waals surface area contributed by atoms with Gasteiger partial charge in [0.05, 0.1) is 6.61 Å². The molecule has 1 aromatic heterocycles. The summed E-state index contributed by atoms with van der Waals surface area (Å²) in [6, 6.07) is 3.77. The molecule has 1 fully saturated rings. The Morgan fingerprint density at radius 1 is 1.53 bits per heavy atom. The molecule has 2 rings (SSSR count). The van der Waals surface area contributed by atoms with E-state index in [-0.39, 0.29) is 6.10 Å². The molecule has 82 valence electrons. The van der Waals surface area contributed by atoms with Crippen molar-refractivity contribution in [1.29, 1.82) is 0 Å². The van der Waals surface area contributed by atoms with Crippen LogP contribution in [-0.2, 0) is 4.74 Å². The molecule has 1 saturated heterocycles. The van der Waals surface area contributed by atoms with Gasteiger partial charge < -0.3 is 15.2 Å². The molecule has 0 radical (unpaired) electrons. The molecule has 0 spiro atoms. The summed E-state index contributed by atoms with van der Waals surface area (Å²) in [4.78, 5) is 4.15. The zero-order valence-corrected chi connectivity index (χ0v) is 8.90. The highest BCUT2D eigenvalue weighted by Gasteiger charge is 2.16. The van der Waals surface area contributed by atoms with Gasteiger partial charge in [-0.3, -0.25) is 0 Å². The quantitative estimate of drug-likeness (QED) is 0.800. The Bertz CT molecular complexity index is 335. The zero-order chi connectivity index (χ0) is 10.7. The van der Waals surface area contributed by atoms with Crippen LogP contribution in [0.1, 0.15) is 18.5 Å². The first-order valence-corrected chi connectivity index (χ1v) is 5.23. The second-order valence-corrected chi connectivity index (χ2v) is 3.79.